The van der Waals surface area contributed by atoms with E-state index in [-0.39, 0.29) is 16.9 Å². The maximum absolute atomic E-state index is 11.7. The smallest absolute Gasteiger partial charge is 0.158 e. The van der Waals surface area contributed by atoms with Crippen LogP contribution >= 0.6 is 0 Å². The molecule has 164 valence electrons. The van der Waals surface area contributed by atoms with Gasteiger partial charge in [0.2, 0.25) is 0 Å². The third-order valence-electron chi connectivity index (χ3n) is 4.97. The van der Waals surface area contributed by atoms with Crippen LogP contribution in [0, 0.1) is 0 Å². The summed E-state index contributed by atoms with van der Waals surface area (Å²) in [4.78, 5) is 13.1. The van der Waals surface area contributed by atoms with Gasteiger partial charge >= 0.3 is 0 Å². The molecule has 3 aromatic rings. The van der Waals surface area contributed by atoms with Crippen molar-refractivity contribution in [2.45, 2.75) is 46.0 Å². The molecule has 7 nitrogen and oxygen atoms in total. The maximum atomic E-state index is 11.7. The lowest BCUT2D eigenvalue weighted by atomic mass is 9.86. The molecule has 0 bridgehead atoms. The number of aromatic hydroxyl groups is 1. The van der Waals surface area contributed by atoms with Gasteiger partial charge in [0, 0.05) is 24.1 Å². The lowest BCUT2D eigenvalue weighted by Gasteiger charge is -2.23. The van der Waals surface area contributed by atoms with Crippen molar-refractivity contribution in [2.75, 3.05) is 13.7 Å². The molecule has 7 heteroatoms. The number of ether oxygens (including phenoxy) is 2. The van der Waals surface area contributed by atoms with Crippen molar-refractivity contribution in [2.24, 2.45) is 0 Å². The summed E-state index contributed by atoms with van der Waals surface area (Å²) in [7, 11) is 1.60. The van der Waals surface area contributed by atoms with Crippen molar-refractivity contribution >= 4 is 16.8 Å². The van der Waals surface area contributed by atoms with Crippen molar-refractivity contribution in [3.05, 3.63) is 48.0 Å². The quantitative estimate of drug-likeness (QED) is 0.416. The van der Waals surface area contributed by atoms with Gasteiger partial charge in [-0.1, -0.05) is 27.4 Å². The lowest BCUT2D eigenvalue weighted by molar-refractivity contribution is -0.115. The zero-order valence-electron chi connectivity index (χ0n) is 18.7. The number of benzene rings is 2. The number of rotatable bonds is 8. The first-order chi connectivity index (χ1) is 14.6. The minimum Gasteiger partial charge on any atom is -0.505 e. The summed E-state index contributed by atoms with van der Waals surface area (Å²) in [5.41, 5.74) is 2.70. The van der Waals surface area contributed by atoms with E-state index in [4.69, 9.17) is 9.47 Å². The van der Waals surface area contributed by atoms with E-state index >= 15 is 0 Å². The molecule has 1 heterocycles. The fraction of sp³-hybridized carbons (Fsp3) is 0.375. The number of carbonyl (C=O) groups excluding carboxylic acids is 1. The molecule has 0 radical (unpaired) electrons. The van der Waals surface area contributed by atoms with Crippen LogP contribution in [0.25, 0.3) is 16.7 Å². The summed E-state index contributed by atoms with van der Waals surface area (Å²) in [6.07, 6.45) is 0.969. The molecule has 0 spiro atoms. The van der Waals surface area contributed by atoms with Crippen molar-refractivity contribution < 1.29 is 19.4 Å². The predicted octanol–water partition coefficient (Wildman–Crippen LogP) is 4.74. The maximum Gasteiger partial charge on any atom is 0.158 e. The van der Waals surface area contributed by atoms with Crippen molar-refractivity contribution in [3.63, 3.8) is 0 Å². The molecule has 31 heavy (non-hydrogen) atoms. The highest BCUT2D eigenvalue weighted by atomic mass is 16.5. The zero-order chi connectivity index (χ0) is 22.8. The van der Waals surface area contributed by atoms with Crippen molar-refractivity contribution in [1.29, 1.82) is 0 Å². The summed E-state index contributed by atoms with van der Waals surface area (Å²) in [5.74, 6) is 1.40. The average Bonchev–Trinajstić information content (AvgIpc) is 3.13. The van der Waals surface area contributed by atoms with E-state index in [0.29, 0.717) is 53.2 Å². The van der Waals surface area contributed by atoms with E-state index in [2.05, 4.69) is 16.8 Å². The van der Waals surface area contributed by atoms with Gasteiger partial charge in [-0.3, -0.25) is 4.79 Å². The molecular formula is C24H29N3O4. The monoisotopic (exact) mass is 423 g/mol. The third kappa shape index (κ3) is 5.05. The number of ketones is 1. The van der Waals surface area contributed by atoms with Crippen LogP contribution in [-0.4, -0.2) is 39.6 Å². The minimum absolute atomic E-state index is 0.0354. The van der Waals surface area contributed by atoms with Gasteiger partial charge in [-0.15, -0.1) is 15.0 Å². The first-order valence-corrected chi connectivity index (χ1v) is 10.2. The van der Waals surface area contributed by atoms with Crippen LogP contribution in [-0.2, 0) is 10.2 Å². The summed E-state index contributed by atoms with van der Waals surface area (Å²) < 4.78 is 11.2. The molecule has 0 saturated carbocycles. The Kier molecular flexibility index (Phi) is 6.34. The van der Waals surface area contributed by atoms with E-state index < -0.39 is 0 Å². The molecule has 2 aromatic carbocycles. The number of hydrogen-bond acceptors (Lipinski definition) is 6. The number of nitrogens with zero attached hydrogens (tertiary/aromatic N) is 3. The fourth-order valence-electron chi connectivity index (χ4n) is 3.17. The van der Waals surface area contributed by atoms with Crippen LogP contribution in [0.1, 0.15) is 46.1 Å². The normalized spacial score (nSPS) is 11.5. The fourth-order valence-corrected chi connectivity index (χ4v) is 3.17. The second kappa shape index (κ2) is 8.79. The Bertz CT molecular complexity index is 1130. The first-order valence-electron chi connectivity index (χ1n) is 10.2. The molecule has 1 N–H and O–H groups in total. The topological polar surface area (TPSA) is 86.5 Å². The second-order valence-corrected chi connectivity index (χ2v) is 8.59. The summed E-state index contributed by atoms with van der Waals surface area (Å²) >= 11 is 0. The van der Waals surface area contributed by atoms with E-state index in [1.165, 1.54) is 4.80 Å². The Balaban J connectivity index is 1.94. The zero-order valence-corrected chi connectivity index (χ0v) is 18.7. The van der Waals surface area contributed by atoms with E-state index in [1.807, 2.05) is 39.0 Å². The Hall–Kier alpha value is -3.35. The number of phenolic OH excluding ortho intramolecular Hbond substituents is 1. The number of aromatic nitrogens is 3. The molecule has 0 aliphatic rings. The van der Waals surface area contributed by atoms with Gasteiger partial charge in [-0.05, 0) is 42.5 Å². The van der Waals surface area contributed by atoms with Gasteiger partial charge in [0.1, 0.15) is 34.0 Å². The van der Waals surface area contributed by atoms with E-state index in [9.17, 15) is 9.90 Å². The molecule has 0 aliphatic carbocycles. The number of allylic oxidation sites excluding steroid dienone is 1. The molecule has 0 saturated heterocycles. The number of carbonyl (C=O) groups is 1. The predicted molar refractivity (Wildman–Crippen MR) is 120 cm³/mol. The number of fused-ring (bicyclic) bond motifs is 1. The highest BCUT2D eigenvalue weighted by molar-refractivity contribution is 5.94. The molecule has 0 atom stereocenters. The van der Waals surface area contributed by atoms with Crippen LogP contribution in [0.15, 0.2) is 42.5 Å². The number of phenols is 1. The highest BCUT2D eigenvalue weighted by Crippen LogP contribution is 2.38. The Labute approximate surface area is 182 Å². The molecule has 1 aromatic heterocycles. The van der Waals surface area contributed by atoms with Gasteiger partial charge < -0.3 is 14.6 Å². The van der Waals surface area contributed by atoms with Gasteiger partial charge in [0.15, 0.2) is 5.78 Å². The van der Waals surface area contributed by atoms with Crippen molar-refractivity contribution in [1.82, 2.24) is 15.0 Å². The number of hydrogen-bond donors (Lipinski definition) is 1. The SMILES string of the molecule is C=C(C)C(=O)CCCOc1cc(-n2nc3ccc(OC)cc3n2)c(O)c(C(C)(C)C)c1. The molecule has 0 amide bonds. The van der Waals surface area contributed by atoms with Crippen LogP contribution in [0.5, 0.6) is 17.2 Å². The average molecular weight is 424 g/mol. The minimum atomic E-state index is -0.329. The number of Topliss-reactive ketones (excluding diaryl/α,β-unsaturated/α-hetero) is 1. The molecule has 0 fully saturated rings. The second-order valence-electron chi connectivity index (χ2n) is 8.59. The number of methoxy groups -OCH3 is 1. The van der Waals surface area contributed by atoms with E-state index in [1.54, 1.807) is 26.2 Å². The van der Waals surface area contributed by atoms with Crippen LogP contribution in [0.2, 0.25) is 0 Å². The standard InChI is InChI=1S/C24H29N3O4/c1-15(2)22(28)8-7-11-31-17-12-18(24(3,4)5)23(29)21(14-17)27-25-19-10-9-16(30-6)13-20(19)26-27/h9-10,12-14,29H,1,7-8,11H2,2-6H3. The molecule has 0 unspecified atom stereocenters. The molecule has 0 aliphatic heterocycles. The molecular weight excluding hydrogens is 394 g/mol. The summed E-state index contributed by atoms with van der Waals surface area (Å²) in [6, 6.07) is 8.96. The Morgan fingerprint density at radius 2 is 1.84 bits per heavy atom. The third-order valence-corrected chi connectivity index (χ3v) is 4.97. The lowest BCUT2D eigenvalue weighted by Crippen LogP contribution is -2.14. The summed E-state index contributed by atoms with van der Waals surface area (Å²) in [5, 5.41) is 20.0. The Morgan fingerprint density at radius 1 is 1.13 bits per heavy atom. The summed E-state index contributed by atoms with van der Waals surface area (Å²) in [6.45, 7) is 11.8. The molecule has 3 rings (SSSR count). The van der Waals surface area contributed by atoms with Crippen LogP contribution < -0.4 is 9.47 Å². The highest BCUT2D eigenvalue weighted by Gasteiger charge is 2.24. The van der Waals surface area contributed by atoms with Gasteiger partial charge in [-0.25, -0.2) is 0 Å². The van der Waals surface area contributed by atoms with Crippen LogP contribution in [0.3, 0.4) is 0 Å². The van der Waals surface area contributed by atoms with E-state index in [0.717, 1.165) is 5.56 Å². The Morgan fingerprint density at radius 3 is 2.48 bits per heavy atom. The van der Waals surface area contributed by atoms with Gasteiger partial charge in [-0.2, -0.15) is 0 Å². The first kappa shape index (κ1) is 22.3. The van der Waals surface area contributed by atoms with Gasteiger partial charge in [0.25, 0.3) is 0 Å². The van der Waals surface area contributed by atoms with Crippen molar-refractivity contribution in [3.8, 4) is 22.9 Å². The van der Waals surface area contributed by atoms with Crippen LogP contribution in [0.4, 0.5) is 0 Å². The van der Waals surface area contributed by atoms with Gasteiger partial charge in [0.05, 0.1) is 13.7 Å². The largest absolute Gasteiger partial charge is 0.505 e.